The van der Waals surface area contributed by atoms with Gasteiger partial charge >= 0.3 is 5.97 Å². The second-order valence-electron chi connectivity index (χ2n) is 12.4. The molecule has 0 unspecified atom stereocenters. The van der Waals surface area contributed by atoms with Gasteiger partial charge in [-0.25, -0.2) is 4.79 Å². The Morgan fingerprint density at radius 1 is 0.902 bits per heavy atom. The van der Waals surface area contributed by atoms with Crippen molar-refractivity contribution in [3.8, 4) is 11.1 Å². The first-order valence-corrected chi connectivity index (χ1v) is 17.3. The molecule has 0 aromatic heterocycles. The Hall–Kier alpha value is -2.31. The highest BCUT2D eigenvalue weighted by Crippen LogP contribution is 2.33. The van der Waals surface area contributed by atoms with Crippen molar-refractivity contribution in [1.82, 2.24) is 10.6 Å². The Labute approximate surface area is 251 Å². The molecule has 2 saturated carbocycles. The summed E-state index contributed by atoms with van der Waals surface area (Å²) in [5.41, 5.74) is 4.66. The van der Waals surface area contributed by atoms with Crippen molar-refractivity contribution >= 4 is 23.6 Å². The molecule has 1 amide bonds. The summed E-state index contributed by atoms with van der Waals surface area (Å²) in [7, 11) is 0. The van der Waals surface area contributed by atoms with Crippen LogP contribution in [0.1, 0.15) is 105 Å². The van der Waals surface area contributed by atoms with E-state index in [-0.39, 0.29) is 5.91 Å². The van der Waals surface area contributed by atoms with E-state index in [4.69, 9.17) is 0 Å². The van der Waals surface area contributed by atoms with Crippen LogP contribution < -0.4 is 10.6 Å². The number of amides is 1. The molecule has 0 saturated heterocycles. The van der Waals surface area contributed by atoms with E-state index in [1.165, 1.54) is 77.0 Å². The van der Waals surface area contributed by atoms with E-state index >= 15 is 0 Å². The first-order valence-electron chi connectivity index (χ1n) is 15.9. The van der Waals surface area contributed by atoms with Gasteiger partial charge < -0.3 is 15.7 Å². The lowest BCUT2D eigenvalue weighted by Gasteiger charge is -2.31. The number of benzene rings is 2. The van der Waals surface area contributed by atoms with Crippen molar-refractivity contribution in [1.29, 1.82) is 0 Å². The molecule has 2 aliphatic rings. The van der Waals surface area contributed by atoms with Gasteiger partial charge in [0.1, 0.15) is 6.04 Å². The van der Waals surface area contributed by atoms with Gasteiger partial charge in [-0.1, -0.05) is 94.5 Å². The van der Waals surface area contributed by atoms with E-state index in [1.54, 1.807) is 11.8 Å². The van der Waals surface area contributed by atoms with E-state index in [0.29, 0.717) is 23.8 Å². The van der Waals surface area contributed by atoms with Crippen molar-refractivity contribution < 1.29 is 14.7 Å². The summed E-state index contributed by atoms with van der Waals surface area (Å²) in [6.07, 6.45) is 18.7. The molecule has 0 radical (unpaired) electrons. The maximum absolute atomic E-state index is 13.5. The SMILES string of the molecule is CSCC[C@H](NC(=O)c1ccc(CNC(CC2CCCCC2)CC2CCCCC2)cc1-c1ccccc1C)C(=O)O. The largest absolute Gasteiger partial charge is 0.480 e. The number of nitrogens with one attached hydrogen (secondary N) is 2. The molecule has 0 heterocycles. The van der Waals surface area contributed by atoms with E-state index in [9.17, 15) is 14.7 Å². The molecule has 4 rings (SSSR count). The quantitative estimate of drug-likeness (QED) is 0.212. The molecule has 5 nitrogen and oxygen atoms in total. The van der Waals surface area contributed by atoms with Crippen LogP contribution in [0.3, 0.4) is 0 Å². The van der Waals surface area contributed by atoms with Gasteiger partial charge in [-0.05, 0) is 84.4 Å². The lowest BCUT2D eigenvalue weighted by atomic mass is 9.79. The maximum Gasteiger partial charge on any atom is 0.326 e. The third-order valence-electron chi connectivity index (χ3n) is 9.26. The summed E-state index contributed by atoms with van der Waals surface area (Å²) in [6, 6.07) is 13.8. The van der Waals surface area contributed by atoms with Gasteiger partial charge in [-0.15, -0.1) is 0 Å². The van der Waals surface area contributed by atoms with Crippen LogP contribution in [0.5, 0.6) is 0 Å². The monoisotopic (exact) mass is 578 g/mol. The molecule has 2 aliphatic carbocycles. The topological polar surface area (TPSA) is 78.4 Å². The number of aliphatic carboxylic acids is 1. The minimum Gasteiger partial charge on any atom is -0.480 e. The smallest absolute Gasteiger partial charge is 0.326 e. The van der Waals surface area contributed by atoms with Crippen molar-refractivity contribution in [2.24, 2.45) is 11.8 Å². The number of carbonyl (C=O) groups is 2. The van der Waals surface area contributed by atoms with Crippen molar-refractivity contribution in [3.05, 3.63) is 59.2 Å². The fraction of sp³-hybridized carbons (Fsp3) is 0.600. The number of hydrogen-bond donors (Lipinski definition) is 3. The Kier molecular flexibility index (Phi) is 12.6. The fourth-order valence-electron chi connectivity index (χ4n) is 6.90. The second kappa shape index (κ2) is 16.4. The van der Waals surface area contributed by atoms with Crippen molar-refractivity contribution in [2.45, 2.75) is 109 Å². The molecule has 0 aliphatic heterocycles. The molecule has 3 N–H and O–H groups in total. The van der Waals surface area contributed by atoms with Crippen LogP contribution in [-0.4, -0.2) is 41.1 Å². The highest BCUT2D eigenvalue weighted by Gasteiger charge is 2.25. The molecule has 6 heteroatoms. The van der Waals surface area contributed by atoms with Gasteiger partial charge in [0, 0.05) is 18.2 Å². The van der Waals surface area contributed by atoms with Crippen molar-refractivity contribution in [2.75, 3.05) is 12.0 Å². The number of carboxylic acids is 1. The van der Waals surface area contributed by atoms with E-state index in [2.05, 4.69) is 35.8 Å². The molecular formula is C35H50N2O3S. The second-order valence-corrected chi connectivity index (χ2v) is 13.4. The molecule has 1 atom stereocenters. The Morgan fingerprint density at radius 2 is 1.54 bits per heavy atom. The van der Waals surface area contributed by atoms with Crippen LogP contribution in [0.25, 0.3) is 11.1 Å². The number of rotatable bonds is 14. The maximum atomic E-state index is 13.5. The predicted octanol–water partition coefficient (Wildman–Crippen LogP) is 8.00. The predicted molar refractivity (Wildman–Crippen MR) is 172 cm³/mol. The number of carbonyl (C=O) groups excluding carboxylic acids is 1. The van der Waals surface area contributed by atoms with Crippen LogP contribution in [0.2, 0.25) is 0 Å². The zero-order valence-electron chi connectivity index (χ0n) is 25.1. The standard InChI is InChI=1S/C35H50N2O3S/c1-25-11-9-10-16-30(25)32-23-28(17-18-31(32)34(38)37-33(35(39)40)19-20-41-2)24-36-29(21-26-12-5-3-6-13-26)22-27-14-7-4-8-15-27/h9-11,16-18,23,26-27,29,33,36H,3-8,12-15,19-22,24H2,1-2H3,(H,37,38)(H,39,40)/t33-/m0/s1. The molecular weight excluding hydrogens is 528 g/mol. The first kappa shape index (κ1) is 31.6. The van der Waals surface area contributed by atoms with Crippen LogP contribution in [0, 0.1) is 18.8 Å². The molecule has 41 heavy (non-hydrogen) atoms. The fourth-order valence-corrected chi connectivity index (χ4v) is 7.37. The summed E-state index contributed by atoms with van der Waals surface area (Å²) in [5.74, 6) is 1.03. The highest BCUT2D eigenvalue weighted by molar-refractivity contribution is 7.98. The molecule has 2 fully saturated rings. The first-order chi connectivity index (χ1) is 19.9. The van der Waals surface area contributed by atoms with Crippen LogP contribution in [0.4, 0.5) is 0 Å². The molecule has 2 aromatic carbocycles. The van der Waals surface area contributed by atoms with Gasteiger partial charge in [0.25, 0.3) is 5.91 Å². The lowest BCUT2D eigenvalue weighted by molar-refractivity contribution is -0.139. The summed E-state index contributed by atoms with van der Waals surface area (Å²) in [6.45, 7) is 2.83. The molecule has 0 spiro atoms. The average Bonchev–Trinajstić information content (AvgIpc) is 2.99. The summed E-state index contributed by atoms with van der Waals surface area (Å²) in [4.78, 5) is 25.3. The van der Waals surface area contributed by atoms with Crippen LogP contribution >= 0.6 is 11.8 Å². The Balaban J connectivity index is 1.53. The Bertz CT molecular complexity index is 1100. The van der Waals surface area contributed by atoms with Gasteiger partial charge in [0.05, 0.1) is 0 Å². The minimum absolute atomic E-state index is 0.330. The zero-order valence-corrected chi connectivity index (χ0v) is 25.9. The zero-order chi connectivity index (χ0) is 29.0. The average molecular weight is 579 g/mol. The number of hydrogen-bond acceptors (Lipinski definition) is 4. The lowest BCUT2D eigenvalue weighted by Crippen LogP contribution is -2.41. The summed E-state index contributed by atoms with van der Waals surface area (Å²) < 4.78 is 0. The molecule has 0 bridgehead atoms. The summed E-state index contributed by atoms with van der Waals surface area (Å²) >= 11 is 1.58. The van der Waals surface area contributed by atoms with Gasteiger partial charge in [-0.3, -0.25) is 4.79 Å². The Morgan fingerprint density at radius 3 is 2.12 bits per heavy atom. The third-order valence-corrected chi connectivity index (χ3v) is 9.90. The number of aryl methyl sites for hydroxylation is 1. The van der Waals surface area contributed by atoms with Crippen molar-refractivity contribution in [3.63, 3.8) is 0 Å². The van der Waals surface area contributed by atoms with Crippen LogP contribution in [-0.2, 0) is 11.3 Å². The van der Waals surface area contributed by atoms with Gasteiger partial charge in [-0.2, -0.15) is 11.8 Å². The molecule has 2 aromatic rings. The van der Waals surface area contributed by atoms with E-state index in [0.717, 1.165) is 40.6 Å². The summed E-state index contributed by atoms with van der Waals surface area (Å²) in [5, 5.41) is 16.4. The number of thioether (sulfide) groups is 1. The van der Waals surface area contributed by atoms with E-state index < -0.39 is 12.0 Å². The van der Waals surface area contributed by atoms with Crippen LogP contribution in [0.15, 0.2) is 42.5 Å². The third kappa shape index (κ3) is 9.61. The van der Waals surface area contributed by atoms with Gasteiger partial charge in [0.2, 0.25) is 0 Å². The highest BCUT2D eigenvalue weighted by atomic mass is 32.2. The number of carboxylic acid groups (broad SMARTS) is 1. The minimum atomic E-state index is -0.993. The molecule has 224 valence electrons. The van der Waals surface area contributed by atoms with Gasteiger partial charge in [0.15, 0.2) is 0 Å². The van der Waals surface area contributed by atoms with E-state index in [1.807, 2.05) is 30.5 Å². The normalized spacial score (nSPS) is 17.4.